The molecule has 34 heavy (non-hydrogen) atoms. The highest BCUT2D eigenvalue weighted by molar-refractivity contribution is 7.89. The molecule has 0 radical (unpaired) electrons. The van der Waals surface area contributed by atoms with Crippen LogP contribution in [0.15, 0.2) is 70.9 Å². The van der Waals surface area contributed by atoms with Gasteiger partial charge in [-0.2, -0.15) is 4.31 Å². The number of nitrogens with one attached hydrogen (secondary N) is 2. The maximum Gasteiger partial charge on any atom is 0.261 e. The number of amides is 2. The Labute approximate surface area is 203 Å². The van der Waals surface area contributed by atoms with Gasteiger partial charge in [0, 0.05) is 30.9 Å². The summed E-state index contributed by atoms with van der Waals surface area (Å²) >= 11 is 1.38. The first kappa shape index (κ1) is 24.1. The number of benzene rings is 2. The third-order valence-corrected chi connectivity index (χ3v) is 8.47. The summed E-state index contributed by atoms with van der Waals surface area (Å²) in [5, 5.41) is 7.48. The molecule has 1 saturated heterocycles. The molecule has 0 aliphatic carbocycles. The van der Waals surface area contributed by atoms with Gasteiger partial charge in [0.05, 0.1) is 9.77 Å². The van der Waals surface area contributed by atoms with Crippen molar-refractivity contribution in [2.75, 3.05) is 18.4 Å². The molecule has 4 rings (SSSR count). The van der Waals surface area contributed by atoms with E-state index in [1.807, 2.05) is 11.4 Å². The molecule has 2 heterocycles. The Bertz CT molecular complexity index is 1230. The van der Waals surface area contributed by atoms with E-state index in [-0.39, 0.29) is 16.7 Å². The fraction of sp³-hybridized carbons (Fsp3) is 0.280. The molecule has 0 unspecified atom stereocenters. The smallest absolute Gasteiger partial charge is 0.261 e. The Balaban J connectivity index is 1.38. The number of carbonyl (C=O) groups is 2. The highest BCUT2D eigenvalue weighted by atomic mass is 32.2. The van der Waals surface area contributed by atoms with Crippen LogP contribution in [0.3, 0.4) is 0 Å². The molecule has 0 atom stereocenters. The van der Waals surface area contributed by atoms with Crippen LogP contribution in [0.25, 0.3) is 0 Å². The van der Waals surface area contributed by atoms with Gasteiger partial charge in [0.25, 0.3) is 11.8 Å². The molecule has 1 aromatic heterocycles. The molecule has 9 heteroatoms. The Hall–Kier alpha value is -3.01. The summed E-state index contributed by atoms with van der Waals surface area (Å²) in [6.45, 7) is 1.41. The number of rotatable bonds is 7. The van der Waals surface area contributed by atoms with Crippen LogP contribution in [-0.2, 0) is 16.6 Å². The first-order valence-electron chi connectivity index (χ1n) is 11.3. The van der Waals surface area contributed by atoms with Gasteiger partial charge in [0.15, 0.2) is 0 Å². The standard InChI is InChI=1S/C25H27N3O4S2/c29-24(20-12-10-19(11-13-20)18-26-25(30)23-9-6-16-33-23)27-21-7-5-8-22(17-21)34(31,32)28-14-3-1-2-4-15-28/h5-13,16-17H,1-4,14-15,18H2,(H,26,30)(H,27,29). The van der Waals surface area contributed by atoms with E-state index in [2.05, 4.69) is 10.6 Å². The van der Waals surface area contributed by atoms with Gasteiger partial charge in [-0.05, 0) is 60.2 Å². The summed E-state index contributed by atoms with van der Waals surface area (Å²) < 4.78 is 27.6. The van der Waals surface area contributed by atoms with Gasteiger partial charge >= 0.3 is 0 Å². The predicted molar refractivity (Wildman–Crippen MR) is 134 cm³/mol. The lowest BCUT2D eigenvalue weighted by molar-refractivity contribution is 0.0953. The lowest BCUT2D eigenvalue weighted by Crippen LogP contribution is -2.32. The van der Waals surface area contributed by atoms with Crippen LogP contribution in [0.1, 0.15) is 51.3 Å². The Morgan fingerprint density at radius 1 is 0.882 bits per heavy atom. The highest BCUT2D eigenvalue weighted by Crippen LogP contribution is 2.23. The lowest BCUT2D eigenvalue weighted by atomic mass is 10.1. The molecule has 0 spiro atoms. The molecule has 2 N–H and O–H groups in total. The van der Waals surface area contributed by atoms with Crippen LogP contribution in [0, 0.1) is 0 Å². The van der Waals surface area contributed by atoms with E-state index >= 15 is 0 Å². The van der Waals surface area contributed by atoms with Crippen LogP contribution in [0.4, 0.5) is 5.69 Å². The van der Waals surface area contributed by atoms with E-state index in [0.29, 0.717) is 35.8 Å². The van der Waals surface area contributed by atoms with Crippen molar-refractivity contribution >= 4 is 38.9 Å². The van der Waals surface area contributed by atoms with E-state index < -0.39 is 10.0 Å². The van der Waals surface area contributed by atoms with Gasteiger partial charge in [-0.1, -0.05) is 37.1 Å². The molecule has 7 nitrogen and oxygen atoms in total. The minimum Gasteiger partial charge on any atom is -0.347 e. The SMILES string of the molecule is O=C(Nc1cccc(S(=O)(=O)N2CCCCCC2)c1)c1ccc(CNC(=O)c2cccs2)cc1. The zero-order valence-corrected chi connectivity index (χ0v) is 20.3. The van der Waals surface area contributed by atoms with Crippen molar-refractivity contribution in [3.63, 3.8) is 0 Å². The molecule has 0 bridgehead atoms. The van der Waals surface area contributed by atoms with E-state index in [1.54, 1.807) is 48.5 Å². The number of sulfonamides is 1. The molecule has 3 aromatic rings. The summed E-state index contributed by atoms with van der Waals surface area (Å²) in [5.41, 5.74) is 1.73. The minimum absolute atomic E-state index is 0.133. The Morgan fingerprint density at radius 3 is 2.29 bits per heavy atom. The zero-order valence-electron chi connectivity index (χ0n) is 18.7. The second-order valence-corrected chi connectivity index (χ2v) is 11.0. The minimum atomic E-state index is -3.60. The van der Waals surface area contributed by atoms with Gasteiger partial charge in [0.1, 0.15) is 0 Å². The predicted octanol–water partition coefficient (Wildman–Crippen LogP) is 4.50. The fourth-order valence-corrected chi connectivity index (χ4v) is 6.02. The van der Waals surface area contributed by atoms with Crippen LogP contribution < -0.4 is 10.6 Å². The van der Waals surface area contributed by atoms with Crippen LogP contribution >= 0.6 is 11.3 Å². The Kier molecular flexibility index (Phi) is 7.77. The van der Waals surface area contributed by atoms with Crippen molar-refractivity contribution in [2.45, 2.75) is 37.1 Å². The highest BCUT2D eigenvalue weighted by Gasteiger charge is 2.25. The van der Waals surface area contributed by atoms with Crippen molar-refractivity contribution in [3.8, 4) is 0 Å². The quantitative estimate of drug-likeness (QED) is 0.503. The molecule has 1 aliphatic rings. The molecular weight excluding hydrogens is 470 g/mol. The number of nitrogens with zero attached hydrogens (tertiary/aromatic N) is 1. The molecule has 2 aromatic carbocycles. The number of hydrogen-bond donors (Lipinski definition) is 2. The third-order valence-electron chi connectivity index (χ3n) is 5.71. The summed E-state index contributed by atoms with van der Waals surface area (Å²) in [5.74, 6) is -0.467. The summed E-state index contributed by atoms with van der Waals surface area (Å²) in [6, 6.07) is 16.9. The number of carbonyl (C=O) groups excluding carboxylic acids is 2. The first-order valence-corrected chi connectivity index (χ1v) is 13.6. The average Bonchev–Trinajstić information content (AvgIpc) is 3.25. The van der Waals surface area contributed by atoms with E-state index in [0.717, 1.165) is 31.2 Å². The number of anilines is 1. The maximum absolute atomic E-state index is 13.1. The van der Waals surface area contributed by atoms with Crippen LogP contribution in [0.5, 0.6) is 0 Å². The number of thiophene rings is 1. The monoisotopic (exact) mass is 497 g/mol. The largest absolute Gasteiger partial charge is 0.347 e. The second-order valence-electron chi connectivity index (χ2n) is 8.16. The molecular formula is C25H27N3O4S2. The molecule has 178 valence electrons. The van der Waals surface area contributed by atoms with Crippen molar-refractivity contribution in [3.05, 3.63) is 82.0 Å². The normalized spacial score (nSPS) is 14.8. The Morgan fingerprint density at radius 2 is 1.62 bits per heavy atom. The summed E-state index contributed by atoms with van der Waals surface area (Å²) in [7, 11) is -3.60. The second kappa shape index (κ2) is 10.9. The van der Waals surface area contributed by atoms with E-state index in [4.69, 9.17) is 0 Å². The van der Waals surface area contributed by atoms with Gasteiger partial charge in [0.2, 0.25) is 10.0 Å². The van der Waals surface area contributed by atoms with E-state index in [9.17, 15) is 18.0 Å². The van der Waals surface area contributed by atoms with Gasteiger partial charge in [-0.15, -0.1) is 11.3 Å². The third kappa shape index (κ3) is 5.91. The van der Waals surface area contributed by atoms with Crippen LogP contribution in [0.2, 0.25) is 0 Å². The van der Waals surface area contributed by atoms with E-state index in [1.165, 1.54) is 21.7 Å². The van der Waals surface area contributed by atoms with Crippen molar-refractivity contribution in [2.24, 2.45) is 0 Å². The molecule has 0 saturated carbocycles. The van der Waals surface area contributed by atoms with Gasteiger partial charge < -0.3 is 10.6 Å². The topological polar surface area (TPSA) is 95.6 Å². The van der Waals surface area contributed by atoms with Crippen LogP contribution in [-0.4, -0.2) is 37.6 Å². The van der Waals surface area contributed by atoms with Crippen molar-refractivity contribution in [1.29, 1.82) is 0 Å². The summed E-state index contributed by atoms with van der Waals surface area (Å²) in [6.07, 6.45) is 3.82. The molecule has 2 amide bonds. The maximum atomic E-state index is 13.1. The van der Waals surface area contributed by atoms with Gasteiger partial charge in [-0.25, -0.2) is 8.42 Å². The first-order chi connectivity index (χ1) is 16.4. The number of hydrogen-bond acceptors (Lipinski definition) is 5. The molecule has 1 aliphatic heterocycles. The molecule has 1 fully saturated rings. The zero-order chi connectivity index (χ0) is 24.0. The average molecular weight is 498 g/mol. The van der Waals surface area contributed by atoms with Crippen molar-refractivity contribution < 1.29 is 18.0 Å². The fourth-order valence-electron chi connectivity index (χ4n) is 3.82. The van der Waals surface area contributed by atoms with Gasteiger partial charge in [-0.3, -0.25) is 9.59 Å². The lowest BCUT2D eigenvalue weighted by Gasteiger charge is -2.20. The summed E-state index contributed by atoms with van der Waals surface area (Å²) in [4.78, 5) is 25.6. The van der Waals surface area contributed by atoms with Crippen molar-refractivity contribution in [1.82, 2.24) is 9.62 Å².